The minimum Gasteiger partial charge on any atom is -0.495 e. The third-order valence-corrected chi connectivity index (χ3v) is 4.24. The topological polar surface area (TPSA) is 67.3 Å². The zero-order valence-electron chi connectivity index (χ0n) is 15.0. The van der Waals surface area contributed by atoms with Crippen LogP contribution in [0, 0.1) is 0 Å². The molecule has 3 aromatic rings. The van der Waals surface area contributed by atoms with Crippen molar-refractivity contribution in [1.29, 1.82) is 0 Å². The van der Waals surface area contributed by atoms with Gasteiger partial charge in [-0.1, -0.05) is 41.9 Å². The van der Waals surface area contributed by atoms with Gasteiger partial charge in [-0.2, -0.15) is 0 Å². The van der Waals surface area contributed by atoms with E-state index in [9.17, 15) is 4.79 Å². The first-order valence-electron chi connectivity index (χ1n) is 8.30. The Morgan fingerprint density at radius 1 is 1.11 bits per heavy atom. The summed E-state index contributed by atoms with van der Waals surface area (Å²) in [6.07, 6.45) is 0. The summed E-state index contributed by atoms with van der Waals surface area (Å²) >= 11 is 6.07. The van der Waals surface area contributed by atoms with Gasteiger partial charge in [0.25, 0.3) is 5.91 Å². The first kappa shape index (κ1) is 18.7. The fraction of sp³-hybridized carbons (Fsp3) is 0.150. The van der Waals surface area contributed by atoms with E-state index in [-0.39, 0.29) is 11.6 Å². The lowest BCUT2D eigenvalue weighted by molar-refractivity contribution is 0.102. The largest absolute Gasteiger partial charge is 0.495 e. The van der Waals surface area contributed by atoms with Gasteiger partial charge in [-0.15, -0.1) is 10.2 Å². The molecule has 0 unspecified atom stereocenters. The van der Waals surface area contributed by atoms with Crippen LogP contribution in [0.25, 0.3) is 0 Å². The van der Waals surface area contributed by atoms with Gasteiger partial charge in [0.2, 0.25) is 0 Å². The van der Waals surface area contributed by atoms with E-state index < -0.39 is 0 Å². The summed E-state index contributed by atoms with van der Waals surface area (Å²) in [5.41, 5.74) is 1.94. The molecule has 1 amide bonds. The number of methoxy groups -OCH3 is 1. The molecule has 0 saturated heterocycles. The minimum atomic E-state index is -0.360. The van der Waals surface area contributed by atoms with Crippen molar-refractivity contribution < 1.29 is 9.53 Å². The van der Waals surface area contributed by atoms with Crippen LogP contribution in [0.2, 0.25) is 5.02 Å². The third kappa shape index (κ3) is 4.74. The van der Waals surface area contributed by atoms with E-state index in [0.717, 1.165) is 0 Å². The van der Waals surface area contributed by atoms with Crippen LogP contribution in [-0.2, 0) is 6.54 Å². The van der Waals surface area contributed by atoms with Gasteiger partial charge in [-0.05, 0) is 35.9 Å². The SMILES string of the molecule is COc1ccc(NC(=O)c2ccc(N(C)Cc3ccccc3)nn2)cc1Cl. The van der Waals surface area contributed by atoms with Crippen molar-refractivity contribution in [3.63, 3.8) is 0 Å². The Labute approximate surface area is 162 Å². The summed E-state index contributed by atoms with van der Waals surface area (Å²) < 4.78 is 5.10. The molecule has 0 saturated carbocycles. The third-order valence-electron chi connectivity index (χ3n) is 3.95. The second kappa shape index (κ2) is 8.51. The van der Waals surface area contributed by atoms with Gasteiger partial charge in [0.15, 0.2) is 11.5 Å². The summed E-state index contributed by atoms with van der Waals surface area (Å²) in [7, 11) is 3.46. The Hall–Kier alpha value is -3.12. The first-order valence-corrected chi connectivity index (χ1v) is 8.68. The lowest BCUT2D eigenvalue weighted by atomic mass is 10.2. The lowest BCUT2D eigenvalue weighted by Gasteiger charge is -2.17. The van der Waals surface area contributed by atoms with Crippen molar-refractivity contribution in [1.82, 2.24) is 10.2 Å². The molecule has 27 heavy (non-hydrogen) atoms. The van der Waals surface area contributed by atoms with Crippen molar-refractivity contribution >= 4 is 29.0 Å². The monoisotopic (exact) mass is 382 g/mol. The molecule has 138 valence electrons. The molecule has 0 radical (unpaired) electrons. The number of carbonyl (C=O) groups excluding carboxylic acids is 1. The van der Waals surface area contributed by atoms with Gasteiger partial charge in [0, 0.05) is 19.3 Å². The Bertz CT molecular complexity index is 917. The first-order chi connectivity index (χ1) is 13.1. The van der Waals surface area contributed by atoms with E-state index in [2.05, 4.69) is 15.5 Å². The van der Waals surface area contributed by atoms with E-state index in [1.54, 1.807) is 30.3 Å². The number of amides is 1. The molecule has 1 N–H and O–H groups in total. The van der Waals surface area contributed by atoms with Gasteiger partial charge in [0.1, 0.15) is 5.75 Å². The number of benzene rings is 2. The van der Waals surface area contributed by atoms with E-state index in [0.29, 0.717) is 28.8 Å². The van der Waals surface area contributed by atoms with Crippen LogP contribution >= 0.6 is 11.6 Å². The predicted molar refractivity (Wildman–Crippen MR) is 107 cm³/mol. The molecule has 6 nitrogen and oxygen atoms in total. The Kier molecular flexibility index (Phi) is 5.88. The number of nitrogens with one attached hydrogen (secondary N) is 1. The van der Waals surface area contributed by atoms with Crippen molar-refractivity contribution in [3.05, 3.63) is 76.9 Å². The summed E-state index contributed by atoms with van der Waals surface area (Å²) in [6, 6.07) is 18.5. The minimum absolute atomic E-state index is 0.221. The number of rotatable bonds is 6. The fourth-order valence-electron chi connectivity index (χ4n) is 2.53. The van der Waals surface area contributed by atoms with Crippen LogP contribution in [0.15, 0.2) is 60.7 Å². The van der Waals surface area contributed by atoms with Crippen LogP contribution in [0.3, 0.4) is 0 Å². The van der Waals surface area contributed by atoms with Gasteiger partial charge in [-0.25, -0.2) is 0 Å². The molecule has 0 bridgehead atoms. The quantitative estimate of drug-likeness (QED) is 0.697. The summed E-state index contributed by atoms with van der Waals surface area (Å²) in [5.74, 6) is 0.865. The van der Waals surface area contributed by atoms with Crippen LogP contribution in [0.1, 0.15) is 16.1 Å². The predicted octanol–water partition coefficient (Wildman–Crippen LogP) is 4.03. The van der Waals surface area contributed by atoms with Crippen LogP contribution in [0.5, 0.6) is 5.75 Å². The van der Waals surface area contributed by atoms with Crippen molar-refractivity contribution in [2.75, 3.05) is 24.4 Å². The van der Waals surface area contributed by atoms with Crippen molar-refractivity contribution in [2.45, 2.75) is 6.54 Å². The van der Waals surface area contributed by atoms with Crippen LogP contribution < -0.4 is 15.0 Å². The van der Waals surface area contributed by atoms with E-state index in [1.807, 2.05) is 42.3 Å². The number of halogens is 1. The van der Waals surface area contributed by atoms with Gasteiger partial charge in [0.05, 0.1) is 12.1 Å². The maximum atomic E-state index is 12.4. The number of nitrogens with zero attached hydrogens (tertiary/aromatic N) is 3. The average Bonchev–Trinajstić information content (AvgIpc) is 2.69. The summed E-state index contributed by atoms with van der Waals surface area (Å²) in [4.78, 5) is 14.3. The average molecular weight is 383 g/mol. The Morgan fingerprint density at radius 2 is 1.89 bits per heavy atom. The molecule has 2 aromatic carbocycles. The lowest BCUT2D eigenvalue weighted by Crippen LogP contribution is -2.20. The zero-order chi connectivity index (χ0) is 19.2. The molecular weight excluding hydrogens is 364 g/mol. The van der Waals surface area contributed by atoms with Crippen molar-refractivity contribution in [2.24, 2.45) is 0 Å². The maximum Gasteiger partial charge on any atom is 0.276 e. The Balaban J connectivity index is 1.65. The molecule has 0 spiro atoms. The van der Waals surface area contributed by atoms with Gasteiger partial charge < -0.3 is 15.0 Å². The highest BCUT2D eigenvalue weighted by Gasteiger charge is 2.11. The maximum absolute atomic E-state index is 12.4. The Morgan fingerprint density at radius 3 is 2.52 bits per heavy atom. The van der Waals surface area contributed by atoms with Crippen molar-refractivity contribution in [3.8, 4) is 5.75 Å². The molecule has 7 heteroatoms. The standard InChI is InChI=1S/C20H19ClN4O2/c1-25(13-14-6-4-3-5-7-14)19-11-9-17(23-24-19)20(26)22-15-8-10-18(27-2)16(21)12-15/h3-12H,13H2,1-2H3,(H,22,26). The highest BCUT2D eigenvalue weighted by Crippen LogP contribution is 2.27. The smallest absolute Gasteiger partial charge is 0.276 e. The summed E-state index contributed by atoms with van der Waals surface area (Å²) in [6.45, 7) is 0.700. The number of ether oxygens (including phenoxy) is 1. The number of carbonyl (C=O) groups is 1. The second-order valence-corrected chi connectivity index (χ2v) is 6.33. The molecule has 1 heterocycles. The number of hydrogen-bond acceptors (Lipinski definition) is 5. The molecule has 0 aliphatic rings. The highest BCUT2D eigenvalue weighted by molar-refractivity contribution is 6.32. The zero-order valence-corrected chi connectivity index (χ0v) is 15.8. The molecule has 0 fully saturated rings. The molecule has 0 atom stereocenters. The van der Waals surface area contributed by atoms with E-state index in [4.69, 9.17) is 16.3 Å². The highest BCUT2D eigenvalue weighted by atomic mass is 35.5. The molecule has 3 rings (SSSR count). The fourth-order valence-corrected chi connectivity index (χ4v) is 2.79. The number of anilines is 2. The van der Waals surface area contributed by atoms with Gasteiger partial charge in [-0.3, -0.25) is 4.79 Å². The molecule has 0 aliphatic carbocycles. The number of aromatic nitrogens is 2. The second-order valence-electron chi connectivity index (χ2n) is 5.92. The molecular formula is C20H19ClN4O2. The number of hydrogen-bond donors (Lipinski definition) is 1. The van der Waals surface area contributed by atoms with Crippen LogP contribution in [0.4, 0.5) is 11.5 Å². The van der Waals surface area contributed by atoms with Gasteiger partial charge >= 0.3 is 0 Å². The van der Waals surface area contributed by atoms with E-state index in [1.165, 1.54) is 12.7 Å². The van der Waals surface area contributed by atoms with E-state index >= 15 is 0 Å². The molecule has 1 aromatic heterocycles. The van der Waals surface area contributed by atoms with Crippen LogP contribution in [-0.4, -0.2) is 30.3 Å². The normalized spacial score (nSPS) is 10.3. The summed E-state index contributed by atoms with van der Waals surface area (Å²) in [5, 5.41) is 11.3. The molecule has 0 aliphatic heterocycles.